The van der Waals surface area contributed by atoms with Gasteiger partial charge in [0.2, 0.25) is 0 Å². The van der Waals surface area contributed by atoms with Crippen molar-refractivity contribution in [2.75, 3.05) is 11.9 Å². The Morgan fingerprint density at radius 2 is 1.94 bits per heavy atom. The van der Waals surface area contributed by atoms with Crippen molar-refractivity contribution in [1.29, 1.82) is 5.26 Å². The minimum absolute atomic E-state index is 0.0196. The summed E-state index contributed by atoms with van der Waals surface area (Å²) in [5.41, 5.74) is 1.20. The van der Waals surface area contributed by atoms with Gasteiger partial charge in [0, 0.05) is 17.8 Å². The zero-order valence-electron chi connectivity index (χ0n) is 10.4. The topological polar surface area (TPSA) is 82.0 Å². The van der Waals surface area contributed by atoms with E-state index < -0.39 is 0 Å². The maximum Gasteiger partial charge on any atom is 0.319 e. The standard InChI is InChI=1S/C13H15N3O2/c1-9(7-14)8-15-13(18)16-12-5-3-11(4-6-12)10(2)17/h3-6,9H,8H2,1-2H3,(H2,15,16,18). The second-order valence-electron chi connectivity index (χ2n) is 4.00. The van der Waals surface area contributed by atoms with E-state index in [2.05, 4.69) is 10.6 Å². The first-order valence-corrected chi connectivity index (χ1v) is 5.58. The van der Waals surface area contributed by atoms with Gasteiger partial charge in [-0.3, -0.25) is 4.79 Å². The van der Waals surface area contributed by atoms with E-state index in [1.165, 1.54) is 6.92 Å². The number of nitrogens with zero attached hydrogens (tertiary/aromatic N) is 1. The first kappa shape index (κ1) is 13.7. The third kappa shape index (κ3) is 4.26. The molecular formula is C13H15N3O2. The van der Waals surface area contributed by atoms with Crippen LogP contribution in [0.15, 0.2) is 24.3 Å². The molecule has 18 heavy (non-hydrogen) atoms. The number of nitrogens with one attached hydrogen (secondary N) is 2. The van der Waals surface area contributed by atoms with Gasteiger partial charge in [-0.05, 0) is 38.1 Å². The molecule has 0 bridgehead atoms. The highest BCUT2D eigenvalue weighted by Crippen LogP contribution is 2.09. The van der Waals surface area contributed by atoms with Crippen LogP contribution in [0.1, 0.15) is 24.2 Å². The molecule has 0 aliphatic rings. The number of amides is 2. The first-order valence-electron chi connectivity index (χ1n) is 5.58. The average Bonchev–Trinajstić information content (AvgIpc) is 2.36. The number of benzene rings is 1. The number of ketones is 1. The predicted octanol–water partition coefficient (Wildman–Crippen LogP) is 2.17. The second kappa shape index (κ2) is 6.40. The molecule has 0 aliphatic carbocycles. The van der Waals surface area contributed by atoms with Gasteiger partial charge in [-0.15, -0.1) is 0 Å². The first-order chi connectivity index (χ1) is 8.52. The van der Waals surface area contributed by atoms with E-state index in [1.807, 2.05) is 6.07 Å². The van der Waals surface area contributed by atoms with Crippen LogP contribution >= 0.6 is 0 Å². The zero-order chi connectivity index (χ0) is 13.5. The van der Waals surface area contributed by atoms with E-state index in [0.717, 1.165) is 0 Å². The van der Waals surface area contributed by atoms with Gasteiger partial charge in [-0.25, -0.2) is 4.79 Å². The monoisotopic (exact) mass is 245 g/mol. The van der Waals surface area contributed by atoms with Crippen LogP contribution in [0.3, 0.4) is 0 Å². The summed E-state index contributed by atoms with van der Waals surface area (Å²) in [7, 11) is 0. The molecule has 5 heteroatoms. The molecule has 0 aromatic heterocycles. The normalized spacial score (nSPS) is 11.2. The lowest BCUT2D eigenvalue weighted by Crippen LogP contribution is -2.31. The highest BCUT2D eigenvalue weighted by atomic mass is 16.2. The molecule has 1 aromatic rings. The lowest BCUT2D eigenvalue weighted by Gasteiger charge is -2.08. The molecule has 0 saturated carbocycles. The van der Waals surface area contributed by atoms with E-state index in [1.54, 1.807) is 31.2 Å². The molecule has 5 nitrogen and oxygen atoms in total. The Hall–Kier alpha value is -2.35. The molecule has 0 saturated heterocycles. The van der Waals surface area contributed by atoms with Crippen molar-refractivity contribution in [2.45, 2.75) is 13.8 Å². The van der Waals surface area contributed by atoms with Crippen molar-refractivity contribution in [2.24, 2.45) is 5.92 Å². The molecule has 0 radical (unpaired) electrons. The number of urea groups is 1. The number of anilines is 1. The van der Waals surface area contributed by atoms with E-state index in [9.17, 15) is 9.59 Å². The molecule has 0 heterocycles. The van der Waals surface area contributed by atoms with Crippen molar-refractivity contribution in [1.82, 2.24) is 5.32 Å². The quantitative estimate of drug-likeness (QED) is 0.797. The number of carbonyl (C=O) groups excluding carboxylic acids is 2. The molecule has 2 amide bonds. The van der Waals surface area contributed by atoms with Crippen molar-refractivity contribution < 1.29 is 9.59 Å². The molecule has 94 valence electrons. The van der Waals surface area contributed by atoms with E-state index in [-0.39, 0.29) is 17.7 Å². The van der Waals surface area contributed by atoms with E-state index >= 15 is 0 Å². The molecule has 0 spiro atoms. The van der Waals surface area contributed by atoms with Crippen molar-refractivity contribution in [3.05, 3.63) is 29.8 Å². The smallest absolute Gasteiger partial charge is 0.319 e. The van der Waals surface area contributed by atoms with Gasteiger partial charge in [0.15, 0.2) is 5.78 Å². The molecular weight excluding hydrogens is 230 g/mol. The van der Waals surface area contributed by atoms with Crippen molar-refractivity contribution >= 4 is 17.5 Å². The lowest BCUT2D eigenvalue weighted by molar-refractivity contribution is 0.101. The van der Waals surface area contributed by atoms with Crippen molar-refractivity contribution in [3.63, 3.8) is 0 Å². The molecule has 1 unspecified atom stereocenters. The number of hydrogen-bond acceptors (Lipinski definition) is 3. The molecule has 0 fully saturated rings. The maximum atomic E-state index is 11.5. The molecule has 0 aliphatic heterocycles. The molecule has 2 N–H and O–H groups in total. The van der Waals surface area contributed by atoms with Crippen LogP contribution < -0.4 is 10.6 Å². The highest BCUT2D eigenvalue weighted by Gasteiger charge is 2.05. The minimum atomic E-state index is -0.368. The fourth-order valence-corrected chi connectivity index (χ4v) is 1.25. The Morgan fingerprint density at radius 3 is 2.44 bits per heavy atom. The molecule has 1 rings (SSSR count). The summed E-state index contributed by atoms with van der Waals surface area (Å²) in [6.07, 6.45) is 0. The van der Waals surface area contributed by atoms with Gasteiger partial charge in [0.1, 0.15) is 0 Å². The summed E-state index contributed by atoms with van der Waals surface area (Å²) in [6.45, 7) is 3.51. The summed E-state index contributed by atoms with van der Waals surface area (Å²) in [4.78, 5) is 22.5. The highest BCUT2D eigenvalue weighted by molar-refractivity contribution is 5.95. The number of hydrogen-bond donors (Lipinski definition) is 2. The van der Waals surface area contributed by atoms with Crippen LogP contribution in [0.2, 0.25) is 0 Å². The summed E-state index contributed by atoms with van der Waals surface area (Å²) in [5.74, 6) is -0.246. The van der Waals surface area contributed by atoms with Crippen LogP contribution in [0.25, 0.3) is 0 Å². The van der Waals surface area contributed by atoms with Crippen LogP contribution in [0.4, 0.5) is 10.5 Å². The summed E-state index contributed by atoms with van der Waals surface area (Å²) in [5, 5.41) is 13.8. The number of carbonyl (C=O) groups is 2. The Bertz CT molecular complexity index is 474. The maximum absolute atomic E-state index is 11.5. The number of Topliss-reactive ketones (excluding diaryl/α,β-unsaturated/α-hetero) is 1. The van der Waals surface area contributed by atoms with Crippen LogP contribution in [-0.2, 0) is 0 Å². The zero-order valence-corrected chi connectivity index (χ0v) is 10.4. The fraction of sp³-hybridized carbons (Fsp3) is 0.308. The third-order valence-corrected chi connectivity index (χ3v) is 2.34. The van der Waals surface area contributed by atoms with Gasteiger partial charge >= 0.3 is 6.03 Å². The van der Waals surface area contributed by atoms with E-state index in [0.29, 0.717) is 17.8 Å². The Labute approximate surface area is 106 Å². The van der Waals surface area contributed by atoms with Gasteiger partial charge in [-0.2, -0.15) is 5.26 Å². The second-order valence-corrected chi connectivity index (χ2v) is 4.00. The van der Waals surface area contributed by atoms with Crippen LogP contribution in [-0.4, -0.2) is 18.4 Å². The van der Waals surface area contributed by atoms with E-state index in [4.69, 9.17) is 5.26 Å². The van der Waals surface area contributed by atoms with Crippen LogP contribution in [0, 0.1) is 17.2 Å². The summed E-state index contributed by atoms with van der Waals surface area (Å²) in [6, 6.07) is 8.27. The SMILES string of the molecule is CC(=O)c1ccc(NC(=O)NCC(C)C#N)cc1. The Kier molecular flexibility index (Phi) is 4.88. The average molecular weight is 245 g/mol. The largest absolute Gasteiger partial charge is 0.337 e. The van der Waals surface area contributed by atoms with Gasteiger partial charge in [0.25, 0.3) is 0 Å². The predicted molar refractivity (Wildman–Crippen MR) is 68.2 cm³/mol. The van der Waals surface area contributed by atoms with Crippen molar-refractivity contribution in [3.8, 4) is 6.07 Å². The number of nitriles is 1. The van der Waals surface area contributed by atoms with Gasteiger partial charge in [0.05, 0.1) is 12.0 Å². The summed E-state index contributed by atoms with van der Waals surface area (Å²) < 4.78 is 0. The third-order valence-electron chi connectivity index (χ3n) is 2.34. The Balaban J connectivity index is 2.50. The Morgan fingerprint density at radius 1 is 1.33 bits per heavy atom. The number of rotatable bonds is 4. The molecule has 1 atom stereocenters. The van der Waals surface area contributed by atoms with Gasteiger partial charge < -0.3 is 10.6 Å². The minimum Gasteiger partial charge on any atom is -0.337 e. The summed E-state index contributed by atoms with van der Waals surface area (Å²) >= 11 is 0. The van der Waals surface area contributed by atoms with Crippen LogP contribution in [0.5, 0.6) is 0 Å². The fourth-order valence-electron chi connectivity index (χ4n) is 1.25. The molecule has 1 aromatic carbocycles. The lowest BCUT2D eigenvalue weighted by atomic mass is 10.1. The van der Waals surface area contributed by atoms with Gasteiger partial charge in [-0.1, -0.05) is 0 Å².